The molecule has 0 aliphatic heterocycles. The molecule has 1 aromatic heterocycles. The summed E-state index contributed by atoms with van der Waals surface area (Å²) >= 11 is 0. The summed E-state index contributed by atoms with van der Waals surface area (Å²) in [5, 5.41) is 4.32. The van der Waals surface area contributed by atoms with Gasteiger partial charge in [-0.3, -0.25) is 0 Å². The summed E-state index contributed by atoms with van der Waals surface area (Å²) in [5.41, 5.74) is 6.35. The zero-order valence-electron chi connectivity index (χ0n) is 10.1. The van der Waals surface area contributed by atoms with Crippen LogP contribution in [-0.2, 0) is 0 Å². The van der Waals surface area contributed by atoms with E-state index >= 15 is 0 Å². The summed E-state index contributed by atoms with van der Waals surface area (Å²) in [4.78, 5) is 4.26. The van der Waals surface area contributed by atoms with Crippen LogP contribution < -0.4 is 10.5 Å². The minimum Gasteiger partial charge on any atom is -0.492 e. The third-order valence-corrected chi connectivity index (χ3v) is 2.34. The van der Waals surface area contributed by atoms with Gasteiger partial charge in [0.15, 0.2) is 0 Å². The van der Waals surface area contributed by atoms with Crippen LogP contribution in [0.2, 0.25) is 0 Å². The maximum absolute atomic E-state index is 5.41. The number of ether oxygens (including phenoxy) is 1. The van der Waals surface area contributed by atoms with Gasteiger partial charge in [0.2, 0.25) is 0 Å². The van der Waals surface area contributed by atoms with Gasteiger partial charge in [-0.15, -0.1) is 0 Å². The van der Waals surface area contributed by atoms with Gasteiger partial charge in [0.1, 0.15) is 24.0 Å². The molecule has 0 radical (unpaired) electrons. The number of aromatic nitrogens is 3. The predicted molar refractivity (Wildman–Crippen MR) is 65.4 cm³/mol. The molecule has 2 N–H and O–H groups in total. The van der Waals surface area contributed by atoms with Crippen LogP contribution in [-0.4, -0.2) is 27.9 Å². The standard InChI is InChI=1S/C12H16N4O/c1-9-14-10(2)16(15-9)11-3-5-12(6-4-11)17-8-7-13/h3-6H,7-8,13H2,1-2H3. The van der Waals surface area contributed by atoms with E-state index in [1.54, 1.807) is 0 Å². The maximum Gasteiger partial charge on any atom is 0.148 e. The SMILES string of the molecule is Cc1nc(C)n(-c2ccc(OCCN)cc2)n1. The first kappa shape index (κ1) is 11.6. The van der Waals surface area contributed by atoms with E-state index in [0.29, 0.717) is 13.2 Å². The van der Waals surface area contributed by atoms with Crippen LogP contribution in [0.15, 0.2) is 24.3 Å². The van der Waals surface area contributed by atoms with Gasteiger partial charge in [0, 0.05) is 6.54 Å². The molecule has 0 fully saturated rings. The van der Waals surface area contributed by atoms with Crippen molar-refractivity contribution in [1.29, 1.82) is 0 Å². The fourth-order valence-electron chi connectivity index (χ4n) is 1.63. The van der Waals surface area contributed by atoms with Crippen molar-refractivity contribution in [3.63, 3.8) is 0 Å². The molecule has 0 aliphatic rings. The second kappa shape index (κ2) is 4.97. The van der Waals surface area contributed by atoms with Crippen LogP contribution in [0.3, 0.4) is 0 Å². The Kier molecular flexibility index (Phi) is 3.39. The molecule has 0 saturated carbocycles. The summed E-state index contributed by atoms with van der Waals surface area (Å²) in [6.07, 6.45) is 0. The van der Waals surface area contributed by atoms with Crippen molar-refractivity contribution in [2.24, 2.45) is 5.73 Å². The second-order valence-electron chi connectivity index (χ2n) is 3.75. The molecule has 0 bridgehead atoms. The van der Waals surface area contributed by atoms with Crippen molar-refractivity contribution in [2.75, 3.05) is 13.2 Å². The predicted octanol–water partition coefficient (Wildman–Crippen LogP) is 1.22. The molecular formula is C12H16N4O. The van der Waals surface area contributed by atoms with Crippen LogP contribution in [0.25, 0.3) is 5.69 Å². The van der Waals surface area contributed by atoms with Gasteiger partial charge in [0.25, 0.3) is 0 Å². The smallest absolute Gasteiger partial charge is 0.148 e. The Morgan fingerprint density at radius 1 is 1.24 bits per heavy atom. The first-order chi connectivity index (χ1) is 8.20. The Morgan fingerprint density at radius 3 is 2.47 bits per heavy atom. The molecule has 0 unspecified atom stereocenters. The van der Waals surface area contributed by atoms with E-state index in [4.69, 9.17) is 10.5 Å². The molecule has 90 valence electrons. The molecule has 0 aliphatic carbocycles. The molecule has 5 heteroatoms. The van der Waals surface area contributed by atoms with Crippen LogP contribution in [0.4, 0.5) is 0 Å². The number of nitrogens with zero attached hydrogens (tertiary/aromatic N) is 3. The highest BCUT2D eigenvalue weighted by Gasteiger charge is 2.04. The quantitative estimate of drug-likeness (QED) is 0.860. The zero-order chi connectivity index (χ0) is 12.3. The zero-order valence-corrected chi connectivity index (χ0v) is 10.1. The van der Waals surface area contributed by atoms with E-state index < -0.39 is 0 Å². The first-order valence-corrected chi connectivity index (χ1v) is 5.54. The lowest BCUT2D eigenvalue weighted by Crippen LogP contribution is -2.10. The molecule has 0 spiro atoms. The monoisotopic (exact) mass is 232 g/mol. The van der Waals surface area contributed by atoms with Gasteiger partial charge in [-0.1, -0.05) is 0 Å². The average molecular weight is 232 g/mol. The van der Waals surface area contributed by atoms with Crippen molar-refractivity contribution in [1.82, 2.24) is 14.8 Å². The fourth-order valence-corrected chi connectivity index (χ4v) is 1.63. The fraction of sp³-hybridized carbons (Fsp3) is 0.333. The lowest BCUT2D eigenvalue weighted by atomic mass is 10.3. The normalized spacial score (nSPS) is 10.5. The van der Waals surface area contributed by atoms with E-state index in [1.165, 1.54) is 0 Å². The van der Waals surface area contributed by atoms with E-state index in [-0.39, 0.29) is 0 Å². The lowest BCUT2D eigenvalue weighted by molar-refractivity contribution is 0.328. The summed E-state index contributed by atoms with van der Waals surface area (Å²) in [7, 11) is 0. The van der Waals surface area contributed by atoms with E-state index in [0.717, 1.165) is 23.1 Å². The highest BCUT2D eigenvalue weighted by atomic mass is 16.5. The molecule has 1 aromatic carbocycles. The van der Waals surface area contributed by atoms with Gasteiger partial charge in [-0.25, -0.2) is 9.67 Å². The average Bonchev–Trinajstić information content (AvgIpc) is 2.66. The molecular weight excluding hydrogens is 216 g/mol. The van der Waals surface area contributed by atoms with Crippen LogP contribution >= 0.6 is 0 Å². The summed E-state index contributed by atoms with van der Waals surface area (Å²) < 4.78 is 7.22. The third kappa shape index (κ3) is 2.62. The van der Waals surface area contributed by atoms with Crippen LogP contribution in [0.5, 0.6) is 5.75 Å². The van der Waals surface area contributed by atoms with E-state index in [1.807, 2.05) is 42.8 Å². The Bertz CT molecular complexity index is 490. The van der Waals surface area contributed by atoms with Crippen molar-refractivity contribution < 1.29 is 4.74 Å². The third-order valence-electron chi connectivity index (χ3n) is 2.34. The minimum absolute atomic E-state index is 0.517. The topological polar surface area (TPSA) is 66.0 Å². The van der Waals surface area contributed by atoms with Crippen molar-refractivity contribution in [2.45, 2.75) is 13.8 Å². The number of benzene rings is 1. The van der Waals surface area contributed by atoms with E-state index in [9.17, 15) is 0 Å². The van der Waals surface area contributed by atoms with Crippen molar-refractivity contribution in [3.8, 4) is 11.4 Å². The van der Waals surface area contributed by atoms with Crippen LogP contribution in [0, 0.1) is 13.8 Å². The second-order valence-corrected chi connectivity index (χ2v) is 3.75. The number of nitrogens with two attached hydrogens (primary N) is 1. The highest BCUT2D eigenvalue weighted by molar-refractivity contribution is 5.37. The Balaban J connectivity index is 2.20. The lowest BCUT2D eigenvalue weighted by Gasteiger charge is -2.06. The summed E-state index contributed by atoms with van der Waals surface area (Å²) in [5.74, 6) is 2.46. The highest BCUT2D eigenvalue weighted by Crippen LogP contribution is 2.15. The molecule has 17 heavy (non-hydrogen) atoms. The van der Waals surface area contributed by atoms with Gasteiger partial charge in [-0.2, -0.15) is 5.10 Å². The van der Waals surface area contributed by atoms with Gasteiger partial charge in [0.05, 0.1) is 5.69 Å². The summed E-state index contributed by atoms with van der Waals surface area (Å²) in [6.45, 7) is 4.85. The molecule has 0 saturated heterocycles. The molecule has 0 atom stereocenters. The molecule has 2 rings (SSSR count). The molecule has 1 heterocycles. The Morgan fingerprint density at radius 2 is 1.94 bits per heavy atom. The van der Waals surface area contributed by atoms with Gasteiger partial charge in [-0.05, 0) is 38.1 Å². The minimum atomic E-state index is 0.517. The first-order valence-electron chi connectivity index (χ1n) is 5.54. The van der Waals surface area contributed by atoms with Gasteiger partial charge >= 0.3 is 0 Å². The number of hydrogen-bond acceptors (Lipinski definition) is 4. The summed E-state index contributed by atoms with van der Waals surface area (Å²) in [6, 6.07) is 7.71. The maximum atomic E-state index is 5.41. The molecule has 2 aromatic rings. The number of rotatable bonds is 4. The molecule has 5 nitrogen and oxygen atoms in total. The largest absolute Gasteiger partial charge is 0.492 e. The van der Waals surface area contributed by atoms with Crippen molar-refractivity contribution in [3.05, 3.63) is 35.9 Å². The Labute approximate surface area is 100 Å². The molecule has 0 amide bonds. The Hall–Kier alpha value is -1.88. The van der Waals surface area contributed by atoms with Crippen LogP contribution in [0.1, 0.15) is 11.6 Å². The van der Waals surface area contributed by atoms with Crippen molar-refractivity contribution >= 4 is 0 Å². The van der Waals surface area contributed by atoms with Gasteiger partial charge < -0.3 is 10.5 Å². The number of hydrogen-bond donors (Lipinski definition) is 1. The number of aryl methyl sites for hydroxylation is 2. The van der Waals surface area contributed by atoms with E-state index in [2.05, 4.69) is 10.1 Å².